The van der Waals surface area contributed by atoms with E-state index in [1.807, 2.05) is 6.92 Å². The van der Waals surface area contributed by atoms with Gasteiger partial charge in [0.15, 0.2) is 11.5 Å². The predicted octanol–water partition coefficient (Wildman–Crippen LogP) is 6.07. The number of rotatable bonds is 9. The topological polar surface area (TPSA) is 105 Å². The molecule has 0 aromatic heterocycles. The molecule has 0 saturated carbocycles. The van der Waals surface area contributed by atoms with E-state index in [1.54, 1.807) is 36.4 Å². The van der Waals surface area contributed by atoms with Crippen molar-refractivity contribution in [2.75, 3.05) is 11.5 Å². The summed E-state index contributed by atoms with van der Waals surface area (Å²) in [6.07, 6.45) is 3.47. The first-order valence-corrected chi connectivity index (χ1v) is 12.6. The van der Waals surface area contributed by atoms with Crippen molar-refractivity contribution in [1.82, 2.24) is 5.32 Å². The highest BCUT2D eigenvalue weighted by atomic mass is 35.5. The highest BCUT2D eigenvalue weighted by molar-refractivity contribution is 6.39. The molecule has 1 saturated heterocycles. The standard InChI is InChI=1S/C29H24Cl2N2O6/c1-3-5-18-12-17(14-25(38-4-2)26(18)39-16-19-6-7-20(30)15-24(19)31)13-23-27(35)32-29(37)33(28(23)36)21-8-10-22(34)11-9-21/h3,6-15,34H,1,4-5,16H2,2H3,(H,32,35,37)/b23-13+. The molecular formula is C29H24Cl2N2O6. The smallest absolute Gasteiger partial charge is 0.335 e. The molecule has 1 aliphatic rings. The second kappa shape index (κ2) is 12.1. The fraction of sp³-hybridized carbons (Fsp3) is 0.138. The maximum Gasteiger partial charge on any atom is 0.335 e. The minimum atomic E-state index is -0.889. The Morgan fingerprint density at radius 1 is 1.00 bits per heavy atom. The van der Waals surface area contributed by atoms with Gasteiger partial charge in [0.05, 0.1) is 12.3 Å². The van der Waals surface area contributed by atoms with Crippen LogP contribution in [-0.2, 0) is 22.6 Å². The zero-order valence-corrected chi connectivity index (χ0v) is 22.4. The van der Waals surface area contributed by atoms with Crippen molar-refractivity contribution in [2.45, 2.75) is 20.0 Å². The first-order chi connectivity index (χ1) is 18.7. The van der Waals surface area contributed by atoms with E-state index in [2.05, 4.69) is 11.9 Å². The van der Waals surface area contributed by atoms with E-state index in [0.717, 1.165) is 10.5 Å². The van der Waals surface area contributed by atoms with E-state index in [4.69, 9.17) is 32.7 Å². The Kier molecular flexibility index (Phi) is 8.59. The lowest BCUT2D eigenvalue weighted by Crippen LogP contribution is -2.54. The maximum absolute atomic E-state index is 13.3. The van der Waals surface area contributed by atoms with Crippen molar-refractivity contribution < 1.29 is 29.0 Å². The molecule has 3 aromatic rings. The van der Waals surface area contributed by atoms with Gasteiger partial charge in [0.1, 0.15) is 17.9 Å². The third-order valence-electron chi connectivity index (χ3n) is 5.73. The normalized spacial score (nSPS) is 14.4. The number of imide groups is 2. The Hall–Kier alpha value is -4.27. The number of urea groups is 1. The predicted molar refractivity (Wildman–Crippen MR) is 149 cm³/mol. The number of phenols is 1. The van der Waals surface area contributed by atoms with Crippen LogP contribution in [0.3, 0.4) is 0 Å². The number of allylic oxidation sites excluding steroid dienone is 1. The molecule has 0 atom stereocenters. The number of anilines is 1. The monoisotopic (exact) mass is 566 g/mol. The average molecular weight is 567 g/mol. The summed E-state index contributed by atoms with van der Waals surface area (Å²) in [5.41, 5.74) is 1.84. The summed E-state index contributed by atoms with van der Waals surface area (Å²) in [6, 6.07) is 13.1. The molecule has 0 aliphatic carbocycles. The zero-order valence-electron chi connectivity index (χ0n) is 20.9. The highest BCUT2D eigenvalue weighted by Gasteiger charge is 2.37. The van der Waals surface area contributed by atoms with Gasteiger partial charge in [-0.1, -0.05) is 35.3 Å². The number of hydrogen-bond acceptors (Lipinski definition) is 6. The number of amides is 4. The van der Waals surface area contributed by atoms with Crippen LogP contribution in [0.25, 0.3) is 6.08 Å². The van der Waals surface area contributed by atoms with Crippen molar-refractivity contribution >= 4 is 52.8 Å². The first kappa shape index (κ1) is 27.8. The van der Waals surface area contributed by atoms with E-state index in [1.165, 1.54) is 30.3 Å². The lowest BCUT2D eigenvalue weighted by Gasteiger charge is -2.26. The van der Waals surface area contributed by atoms with E-state index in [0.29, 0.717) is 45.7 Å². The summed E-state index contributed by atoms with van der Waals surface area (Å²) in [6.45, 7) is 6.10. The Balaban J connectivity index is 1.72. The Bertz CT molecular complexity index is 1480. The van der Waals surface area contributed by atoms with Crippen LogP contribution in [0.1, 0.15) is 23.6 Å². The van der Waals surface area contributed by atoms with Crippen LogP contribution in [0.4, 0.5) is 10.5 Å². The van der Waals surface area contributed by atoms with Gasteiger partial charge in [-0.15, -0.1) is 6.58 Å². The number of benzene rings is 3. The second-order valence-electron chi connectivity index (χ2n) is 8.43. The largest absolute Gasteiger partial charge is 0.508 e. The maximum atomic E-state index is 13.3. The number of phenolic OH excluding ortho intramolecular Hbond substituents is 1. The van der Waals surface area contributed by atoms with Gasteiger partial charge in [0, 0.05) is 21.2 Å². The van der Waals surface area contributed by atoms with Crippen LogP contribution in [0.15, 0.2) is 72.8 Å². The number of nitrogens with one attached hydrogen (secondary N) is 1. The number of aromatic hydroxyl groups is 1. The molecule has 4 rings (SSSR count). The Morgan fingerprint density at radius 3 is 2.41 bits per heavy atom. The molecule has 1 heterocycles. The molecule has 200 valence electrons. The van der Waals surface area contributed by atoms with Crippen LogP contribution < -0.4 is 19.7 Å². The first-order valence-electron chi connectivity index (χ1n) is 11.9. The van der Waals surface area contributed by atoms with Crippen LogP contribution in [0.5, 0.6) is 17.2 Å². The Morgan fingerprint density at radius 2 is 1.74 bits per heavy atom. The minimum absolute atomic E-state index is 0.0331. The SMILES string of the molecule is C=CCc1cc(/C=C2\C(=O)NC(=O)N(c3ccc(O)cc3)C2=O)cc(OCC)c1OCc1ccc(Cl)cc1Cl. The van der Waals surface area contributed by atoms with Crippen molar-refractivity contribution in [3.63, 3.8) is 0 Å². The summed E-state index contributed by atoms with van der Waals surface area (Å²) >= 11 is 12.3. The van der Waals surface area contributed by atoms with Crippen molar-refractivity contribution in [3.05, 3.63) is 99.6 Å². The van der Waals surface area contributed by atoms with Gasteiger partial charge >= 0.3 is 6.03 Å². The zero-order chi connectivity index (χ0) is 28.1. The minimum Gasteiger partial charge on any atom is -0.508 e. The van der Waals surface area contributed by atoms with Gasteiger partial charge in [-0.25, -0.2) is 9.69 Å². The van der Waals surface area contributed by atoms with Gasteiger partial charge in [0.2, 0.25) is 0 Å². The molecular weight excluding hydrogens is 543 g/mol. The van der Waals surface area contributed by atoms with Crippen molar-refractivity contribution in [1.29, 1.82) is 0 Å². The van der Waals surface area contributed by atoms with Gasteiger partial charge in [0.25, 0.3) is 11.8 Å². The molecule has 0 unspecified atom stereocenters. The summed E-state index contributed by atoms with van der Waals surface area (Å²) < 4.78 is 12.0. The average Bonchev–Trinajstić information content (AvgIpc) is 2.88. The van der Waals surface area contributed by atoms with E-state index in [9.17, 15) is 19.5 Å². The Labute approximate surface area is 235 Å². The van der Waals surface area contributed by atoms with Gasteiger partial charge in [-0.05, 0) is 73.5 Å². The highest BCUT2D eigenvalue weighted by Crippen LogP contribution is 2.36. The lowest BCUT2D eigenvalue weighted by molar-refractivity contribution is -0.122. The molecule has 10 heteroatoms. The van der Waals surface area contributed by atoms with Gasteiger partial charge < -0.3 is 14.6 Å². The number of halogens is 2. The summed E-state index contributed by atoms with van der Waals surface area (Å²) in [7, 11) is 0. The third-order valence-corrected chi connectivity index (χ3v) is 6.31. The van der Waals surface area contributed by atoms with E-state index < -0.39 is 17.8 Å². The van der Waals surface area contributed by atoms with Crippen LogP contribution in [0, 0.1) is 0 Å². The van der Waals surface area contributed by atoms with Crippen LogP contribution >= 0.6 is 23.2 Å². The number of nitrogens with zero attached hydrogens (tertiary/aromatic N) is 1. The molecule has 8 nitrogen and oxygen atoms in total. The fourth-order valence-electron chi connectivity index (χ4n) is 3.95. The fourth-order valence-corrected chi connectivity index (χ4v) is 4.41. The quantitative estimate of drug-likeness (QED) is 0.185. The number of ether oxygens (including phenoxy) is 2. The number of hydrogen-bond donors (Lipinski definition) is 2. The molecule has 1 aliphatic heterocycles. The van der Waals surface area contributed by atoms with Crippen molar-refractivity contribution in [2.24, 2.45) is 0 Å². The van der Waals surface area contributed by atoms with E-state index >= 15 is 0 Å². The molecule has 0 spiro atoms. The molecule has 4 amide bonds. The third kappa shape index (κ3) is 6.25. The summed E-state index contributed by atoms with van der Waals surface area (Å²) in [5, 5.41) is 12.7. The molecule has 0 radical (unpaired) electrons. The second-order valence-corrected chi connectivity index (χ2v) is 9.28. The summed E-state index contributed by atoms with van der Waals surface area (Å²) in [5.74, 6) is -0.820. The van der Waals surface area contributed by atoms with Gasteiger partial charge in [-0.2, -0.15) is 0 Å². The van der Waals surface area contributed by atoms with Crippen LogP contribution in [0.2, 0.25) is 10.0 Å². The van der Waals surface area contributed by atoms with Gasteiger partial charge in [-0.3, -0.25) is 14.9 Å². The molecule has 2 N–H and O–H groups in total. The number of carbonyl (C=O) groups is 3. The molecule has 0 bridgehead atoms. The van der Waals surface area contributed by atoms with Crippen molar-refractivity contribution in [3.8, 4) is 17.2 Å². The molecule has 3 aromatic carbocycles. The molecule has 1 fully saturated rings. The van der Waals surface area contributed by atoms with E-state index in [-0.39, 0.29) is 23.6 Å². The van der Waals surface area contributed by atoms with Crippen LogP contribution in [-0.4, -0.2) is 29.6 Å². The summed E-state index contributed by atoms with van der Waals surface area (Å²) in [4.78, 5) is 39.2. The lowest BCUT2D eigenvalue weighted by atomic mass is 10.0. The number of carbonyl (C=O) groups excluding carboxylic acids is 3. The molecule has 39 heavy (non-hydrogen) atoms. The number of barbiturate groups is 1.